The normalized spacial score (nSPS) is 13.7. The Balaban J connectivity index is 1.39. The average Bonchev–Trinajstić information content (AvgIpc) is 3.46. The van der Waals surface area contributed by atoms with Gasteiger partial charge in [0.2, 0.25) is 0 Å². The number of thioether (sulfide) groups is 1. The van der Waals surface area contributed by atoms with Crippen molar-refractivity contribution in [3.8, 4) is 11.5 Å². The fraction of sp³-hybridized carbons (Fsp3) is 0.318. The molecule has 2 aromatic carbocycles. The Morgan fingerprint density at radius 3 is 2.39 bits per heavy atom. The molecule has 3 aromatic rings. The molecule has 0 unspecified atom stereocenters. The summed E-state index contributed by atoms with van der Waals surface area (Å²) in [5, 5.41) is 9.52. The van der Waals surface area contributed by atoms with Crippen molar-refractivity contribution in [1.82, 2.24) is 14.8 Å². The molecule has 0 N–H and O–H groups in total. The van der Waals surface area contributed by atoms with Gasteiger partial charge in [0.1, 0.15) is 17.3 Å². The van der Waals surface area contributed by atoms with Crippen LogP contribution in [0.5, 0.6) is 11.5 Å². The summed E-state index contributed by atoms with van der Waals surface area (Å²) in [7, 11) is 0. The van der Waals surface area contributed by atoms with Gasteiger partial charge in [-0.3, -0.25) is 4.79 Å². The molecule has 1 heterocycles. The van der Waals surface area contributed by atoms with E-state index in [0.29, 0.717) is 29.0 Å². The molecule has 0 atom stereocenters. The number of para-hydroxylation sites is 1. The third-order valence-corrected chi connectivity index (χ3v) is 5.55. The monoisotopic (exact) mass is 393 g/mol. The van der Waals surface area contributed by atoms with Crippen molar-refractivity contribution in [2.24, 2.45) is 0 Å². The lowest BCUT2D eigenvalue weighted by atomic mass is 10.1. The highest BCUT2D eigenvalue weighted by atomic mass is 32.2. The quantitative estimate of drug-likeness (QED) is 0.373. The van der Waals surface area contributed by atoms with Crippen LogP contribution >= 0.6 is 11.8 Å². The SMILES string of the molecule is CC(C)c1nnc(SCC(=O)c2ccc(Oc3ccccc3)cc2)n1C1CC1. The van der Waals surface area contributed by atoms with Gasteiger partial charge in [0.15, 0.2) is 10.9 Å². The second-order valence-corrected chi connectivity index (χ2v) is 8.19. The molecular weight excluding hydrogens is 370 g/mol. The Bertz CT molecular complexity index is 948. The number of ketones is 1. The molecule has 28 heavy (non-hydrogen) atoms. The minimum atomic E-state index is 0.0766. The van der Waals surface area contributed by atoms with E-state index in [4.69, 9.17) is 4.74 Å². The van der Waals surface area contributed by atoms with Gasteiger partial charge in [0.05, 0.1) is 5.75 Å². The van der Waals surface area contributed by atoms with Gasteiger partial charge in [0, 0.05) is 17.5 Å². The standard InChI is InChI=1S/C22H23N3O2S/c1-15(2)21-23-24-22(25(21)17-10-11-17)28-14-20(26)16-8-12-19(13-9-16)27-18-6-4-3-5-7-18/h3-9,12-13,15,17H,10-11,14H2,1-2H3. The van der Waals surface area contributed by atoms with E-state index >= 15 is 0 Å². The van der Waals surface area contributed by atoms with Crippen molar-refractivity contribution >= 4 is 17.5 Å². The van der Waals surface area contributed by atoms with Crippen LogP contribution in [0.1, 0.15) is 54.8 Å². The third-order valence-electron chi connectivity index (χ3n) is 4.61. The Labute approximate surface area is 169 Å². The van der Waals surface area contributed by atoms with Crippen LogP contribution in [-0.4, -0.2) is 26.3 Å². The summed E-state index contributed by atoms with van der Waals surface area (Å²) < 4.78 is 8.00. The molecule has 144 valence electrons. The van der Waals surface area contributed by atoms with Crippen LogP contribution in [0.15, 0.2) is 59.8 Å². The zero-order valence-corrected chi connectivity index (χ0v) is 16.9. The number of rotatable bonds is 8. The van der Waals surface area contributed by atoms with Crippen LogP contribution < -0.4 is 4.74 Å². The zero-order chi connectivity index (χ0) is 19.5. The van der Waals surface area contributed by atoms with E-state index < -0.39 is 0 Å². The van der Waals surface area contributed by atoms with E-state index in [1.807, 2.05) is 54.6 Å². The van der Waals surface area contributed by atoms with E-state index in [-0.39, 0.29) is 5.78 Å². The predicted octanol–water partition coefficient (Wildman–Crippen LogP) is 5.50. The predicted molar refractivity (Wildman–Crippen MR) is 110 cm³/mol. The summed E-state index contributed by atoms with van der Waals surface area (Å²) in [6, 6.07) is 17.4. The number of aromatic nitrogens is 3. The molecule has 5 nitrogen and oxygen atoms in total. The number of hydrogen-bond donors (Lipinski definition) is 0. The topological polar surface area (TPSA) is 57.0 Å². The number of carbonyl (C=O) groups excluding carboxylic acids is 1. The highest BCUT2D eigenvalue weighted by Crippen LogP contribution is 2.40. The molecule has 0 amide bonds. The maximum atomic E-state index is 12.6. The first-order valence-corrected chi connectivity index (χ1v) is 10.5. The van der Waals surface area contributed by atoms with E-state index in [2.05, 4.69) is 28.6 Å². The molecular formula is C22H23N3O2S. The molecule has 6 heteroatoms. The maximum absolute atomic E-state index is 12.6. The molecule has 1 saturated carbocycles. The van der Waals surface area contributed by atoms with Crippen molar-refractivity contribution in [1.29, 1.82) is 0 Å². The summed E-state index contributed by atoms with van der Waals surface area (Å²) in [5.74, 6) is 3.26. The highest BCUT2D eigenvalue weighted by molar-refractivity contribution is 7.99. The van der Waals surface area contributed by atoms with Gasteiger partial charge in [-0.2, -0.15) is 0 Å². The first kappa shape index (κ1) is 18.7. The molecule has 0 radical (unpaired) electrons. The van der Waals surface area contributed by atoms with Crippen molar-refractivity contribution in [2.75, 3.05) is 5.75 Å². The van der Waals surface area contributed by atoms with Crippen LogP contribution in [0.2, 0.25) is 0 Å². The van der Waals surface area contributed by atoms with E-state index in [9.17, 15) is 4.79 Å². The molecule has 0 bridgehead atoms. The van der Waals surface area contributed by atoms with Crippen LogP contribution in [0, 0.1) is 0 Å². The number of carbonyl (C=O) groups is 1. The van der Waals surface area contributed by atoms with Crippen LogP contribution in [0.3, 0.4) is 0 Å². The molecule has 4 rings (SSSR count). The molecule has 1 fully saturated rings. The average molecular weight is 394 g/mol. The second-order valence-electron chi connectivity index (χ2n) is 7.25. The van der Waals surface area contributed by atoms with Crippen molar-refractivity contribution < 1.29 is 9.53 Å². The smallest absolute Gasteiger partial charge is 0.191 e. The molecule has 0 saturated heterocycles. The largest absolute Gasteiger partial charge is 0.457 e. The fourth-order valence-corrected chi connectivity index (χ4v) is 3.91. The van der Waals surface area contributed by atoms with E-state index in [1.54, 1.807) is 0 Å². The van der Waals surface area contributed by atoms with E-state index in [1.165, 1.54) is 24.6 Å². The van der Waals surface area contributed by atoms with Gasteiger partial charge in [-0.1, -0.05) is 43.8 Å². The molecule has 0 aliphatic heterocycles. The van der Waals surface area contributed by atoms with Gasteiger partial charge in [-0.15, -0.1) is 10.2 Å². The van der Waals surface area contributed by atoms with Crippen LogP contribution in [0.4, 0.5) is 0 Å². The Hall–Kier alpha value is -2.60. The minimum Gasteiger partial charge on any atom is -0.457 e. The lowest BCUT2D eigenvalue weighted by Crippen LogP contribution is -2.07. The van der Waals surface area contributed by atoms with Gasteiger partial charge < -0.3 is 9.30 Å². The number of benzene rings is 2. The Kier molecular flexibility index (Phi) is 5.48. The van der Waals surface area contributed by atoms with Crippen molar-refractivity contribution in [2.45, 2.75) is 43.8 Å². The van der Waals surface area contributed by atoms with Gasteiger partial charge in [-0.05, 0) is 49.2 Å². The van der Waals surface area contributed by atoms with Crippen molar-refractivity contribution in [3.05, 3.63) is 66.0 Å². The Morgan fingerprint density at radius 1 is 1.07 bits per heavy atom. The lowest BCUT2D eigenvalue weighted by molar-refractivity contribution is 0.102. The summed E-state index contributed by atoms with van der Waals surface area (Å²) in [4.78, 5) is 12.6. The first-order valence-electron chi connectivity index (χ1n) is 9.55. The maximum Gasteiger partial charge on any atom is 0.191 e. The van der Waals surface area contributed by atoms with Gasteiger partial charge in [0.25, 0.3) is 0 Å². The van der Waals surface area contributed by atoms with Crippen molar-refractivity contribution in [3.63, 3.8) is 0 Å². The number of Topliss-reactive ketones (excluding diaryl/α,β-unsaturated/α-hetero) is 1. The van der Waals surface area contributed by atoms with Crippen LogP contribution in [-0.2, 0) is 0 Å². The zero-order valence-electron chi connectivity index (χ0n) is 16.0. The second kappa shape index (κ2) is 8.19. The highest BCUT2D eigenvalue weighted by Gasteiger charge is 2.30. The molecule has 0 spiro atoms. The number of nitrogens with zero attached hydrogens (tertiary/aromatic N) is 3. The van der Waals surface area contributed by atoms with Crippen LogP contribution in [0.25, 0.3) is 0 Å². The summed E-state index contributed by atoms with van der Waals surface area (Å²) in [5.41, 5.74) is 0.675. The summed E-state index contributed by atoms with van der Waals surface area (Å²) in [6.45, 7) is 4.25. The van der Waals surface area contributed by atoms with E-state index in [0.717, 1.165) is 16.7 Å². The molecule has 1 aromatic heterocycles. The lowest BCUT2D eigenvalue weighted by Gasteiger charge is -2.10. The number of ether oxygens (including phenoxy) is 1. The molecule has 1 aliphatic carbocycles. The Morgan fingerprint density at radius 2 is 1.75 bits per heavy atom. The third kappa shape index (κ3) is 4.28. The minimum absolute atomic E-state index is 0.0766. The van der Waals surface area contributed by atoms with Gasteiger partial charge >= 0.3 is 0 Å². The first-order chi connectivity index (χ1) is 13.6. The summed E-state index contributed by atoms with van der Waals surface area (Å²) >= 11 is 1.47. The fourth-order valence-electron chi connectivity index (χ4n) is 3.00. The summed E-state index contributed by atoms with van der Waals surface area (Å²) in [6.07, 6.45) is 2.34. The molecule has 1 aliphatic rings. The van der Waals surface area contributed by atoms with Gasteiger partial charge in [-0.25, -0.2) is 0 Å². The number of hydrogen-bond acceptors (Lipinski definition) is 5.